The number of aromatic amines is 1. The summed E-state index contributed by atoms with van der Waals surface area (Å²) in [6.07, 6.45) is 6.08. The number of fused-ring (bicyclic) bond motifs is 1. The van der Waals surface area contributed by atoms with Crippen molar-refractivity contribution in [2.45, 2.75) is 5.38 Å². The molecule has 3 aromatic heterocycles. The van der Waals surface area contributed by atoms with Gasteiger partial charge >= 0.3 is 0 Å². The van der Waals surface area contributed by atoms with Gasteiger partial charge in [0.25, 0.3) is 0 Å². The fourth-order valence-electron chi connectivity index (χ4n) is 1.72. The molecular formula is C12H10ClN7. The van der Waals surface area contributed by atoms with Crippen molar-refractivity contribution in [3.63, 3.8) is 0 Å². The third-order valence-electron chi connectivity index (χ3n) is 2.66. The topological polar surface area (TPSA) is 106 Å². The van der Waals surface area contributed by atoms with E-state index in [1.165, 1.54) is 18.7 Å². The smallest absolute Gasteiger partial charge is 0.161 e. The summed E-state index contributed by atoms with van der Waals surface area (Å²) < 4.78 is 0. The van der Waals surface area contributed by atoms with Gasteiger partial charge in [0.1, 0.15) is 28.1 Å². The van der Waals surface area contributed by atoms with Crippen molar-refractivity contribution in [3.05, 3.63) is 37.2 Å². The van der Waals surface area contributed by atoms with Crippen LogP contribution < -0.4 is 5.73 Å². The van der Waals surface area contributed by atoms with E-state index >= 15 is 0 Å². The molecule has 0 aliphatic carbocycles. The fraction of sp³-hybridized carbons (Fsp3) is 0.0833. The molecule has 3 aromatic rings. The Kier molecular flexibility index (Phi) is 3.03. The molecule has 20 heavy (non-hydrogen) atoms. The lowest BCUT2D eigenvalue weighted by Crippen LogP contribution is -2.01. The number of nitrogens with zero attached hydrogens (tertiary/aromatic N) is 5. The van der Waals surface area contributed by atoms with E-state index < -0.39 is 5.38 Å². The second kappa shape index (κ2) is 4.86. The van der Waals surface area contributed by atoms with Crippen LogP contribution >= 0.6 is 11.6 Å². The van der Waals surface area contributed by atoms with Gasteiger partial charge in [0.2, 0.25) is 0 Å². The first kappa shape index (κ1) is 12.5. The summed E-state index contributed by atoms with van der Waals surface area (Å²) >= 11 is 6.11. The van der Waals surface area contributed by atoms with Crippen LogP contribution in [0.4, 0.5) is 5.82 Å². The van der Waals surface area contributed by atoms with E-state index in [0.29, 0.717) is 34.2 Å². The summed E-state index contributed by atoms with van der Waals surface area (Å²) in [4.78, 5) is 24.0. The summed E-state index contributed by atoms with van der Waals surface area (Å²) in [6, 6.07) is 0. The number of hydrogen-bond donors (Lipinski definition) is 2. The van der Waals surface area contributed by atoms with Crippen molar-refractivity contribution in [2.75, 3.05) is 5.73 Å². The van der Waals surface area contributed by atoms with Gasteiger partial charge in [0.15, 0.2) is 11.5 Å². The number of rotatable bonds is 3. The minimum Gasteiger partial charge on any atom is -0.382 e. The number of alkyl halides is 1. The zero-order valence-electron chi connectivity index (χ0n) is 10.3. The number of nitrogens with two attached hydrogens (primary N) is 1. The molecule has 0 radical (unpaired) electrons. The van der Waals surface area contributed by atoms with Gasteiger partial charge in [-0.2, -0.15) is 0 Å². The Hall–Kier alpha value is -2.54. The van der Waals surface area contributed by atoms with Crippen LogP contribution in [-0.2, 0) is 0 Å². The van der Waals surface area contributed by atoms with Gasteiger partial charge < -0.3 is 10.7 Å². The highest BCUT2D eigenvalue weighted by Gasteiger charge is 2.16. The molecule has 1 unspecified atom stereocenters. The number of allylic oxidation sites excluding steroid dienone is 1. The first-order valence-corrected chi connectivity index (χ1v) is 6.18. The van der Waals surface area contributed by atoms with Crippen molar-refractivity contribution in [1.82, 2.24) is 29.9 Å². The number of anilines is 1. The molecule has 0 spiro atoms. The number of hydrogen-bond acceptors (Lipinski definition) is 6. The Bertz CT molecular complexity index is 765. The van der Waals surface area contributed by atoms with Gasteiger partial charge in [-0.25, -0.2) is 24.9 Å². The molecule has 0 fully saturated rings. The molecule has 8 heteroatoms. The lowest BCUT2D eigenvalue weighted by atomic mass is 10.2. The highest BCUT2D eigenvalue weighted by molar-refractivity contribution is 6.21. The van der Waals surface area contributed by atoms with Gasteiger partial charge in [0.05, 0.1) is 18.7 Å². The summed E-state index contributed by atoms with van der Waals surface area (Å²) in [5.41, 5.74) is 7.81. The maximum absolute atomic E-state index is 6.11. The highest BCUT2D eigenvalue weighted by Crippen LogP contribution is 2.26. The Morgan fingerprint density at radius 3 is 2.80 bits per heavy atom. The van der Waals surface area contributed by atoms with Crippen LogP contribution in [0.1, 0.15) is 11.2 Å². The summed E-state index contributed by atoms with van der Waals surface area (Å²) in [6.45, 7) is 3.64. The van der Waals surface area contributed by atoms with Gasteiger partial charge in [-0.1, -0.05) is 6.08 Å². The van der Waals surface area contributed by atoms with Crippen molar-refractivity contribution in [1.29, 1.82) is 0 Å². The molecule has 0 amide bonds. The number of nitrogens with one attached hydrogen (secondary N) is 1. The molecule has 3 heterocycles. The minimum absolute atomic E-state index is 0.336. The van der Waals surface area contributed by atoms with Crippen molar-refractivity contribution >= 4 is 28.6 Å². The first-order chi connectivity index (χ1) is 9.69. The second-order valence-corrected chi connectivity index (χ2v) is 4.46. The summed E-state index contributed by atoms with van der Waals surface area (Å²) in [5, 5.41) is -0.497. The summed E-state index contributed by atoms with van der Waals surface area (Å²) in [5.74, 6) is 0.759. The standard InChI is InChI=1S/C12H10ClN7/c1-2-6(13)11-19-9(7-3-16-8(14)4-15-7)10-12(20-11)18-5-17-10/h2-6H,1H2,(H2,14,16)(H,17,18,19,20). The van der Waals surface area contributed by atoms with Crippen molar-refractivity contribution in [2.24, 2.45) is 0 Å². The van der Waals surface area contributed by atoms with E-state index in [9.17, 15) is 0 Å². The Labute approximate surface area is 119 Å². The quantitative estimate of drug-likeness (QED) is 0.562. The minimum atomic E-state index is -0.497. The first-order valence-electron chi connectivity index (χ1n) is 5.74. The van der Waals surface area contributed by atoms with Crippen LogP contribution in [0.5, 0.6) is 0 Å². The van der Waals surface area contributed by atoms with E-state index in [0.717, 1.165) is 0 Å². The summed E-state index contributed by atoms with van der Waals surface area (Å²) in [7, 11) is 0. The Morgan fingerprint density at radius 2 is 2.10 bits per heavy atom. The SMILES string of the molecule is C=CC(Cl)c1nc(-c2cnc(N)cn2)c2nc[nH]c2n1. The monoisotopic (exact) mass is 287 g/mol. The molecule has 1 atom stereocenters. The predicted octanol–water partition coefficient (Wildman–Crippen LogP) is 1.86. The zero-order valence-corrected chi connectivity index (χ0v) is 11.0. The average Bonchev–Trinajstić information content (AvgIpc) is 2.94. The number of H-pyrrole nitrogens is 1. The molecule has 0 saturated heterocycles. The molecule has 3 N–H and O–H groups in total. The van der Waals surface area contributed by atoms with Crippen LogP contribution in [-0.4, -0.2) is 29.9 Å². The number of halogens is 1. The van der Waals surface area contributed by atoms with Crippen LogP contribution in [0.2, 0.25) is 0 Å². The largest absolute Gasteiger partial charge is 0.382 e. The predicted molar refractivity (Wildman–Crippen MR) is 75.9 cm³/mol. The average molecular weight is 288 g/mol. The second-order valence-electron chi connectivity index (χ2n) is 3.99. The van der Waals surface area contributed by atoms with Crippen molar-refractivity contribution in [3.8, 4) is 11.4 Å². The molecule has 7 nitrogen and oxygen atoms in total. The Morgan fingerprint density at radius 1 is 1.25 bits per heavy atom. The fourth-order valence-corrected chi connectivity index (χ4v) is 1.82. The molecule has 0 saturated carbocycles. The van der Waals surface area contributed by atoms with E-state index in [1.807, 2.05) is 0 Å². The molecular weight excluding hydrogens is 278 g/mol. The molecule has 0 aromatic carbocycles. The third kappa shape index (κ3) is 2.08. The maximum Gasteiger partial charge on any atom is 0.161 e. The molecule has 0 aliphatic heterocycles. The lowest BCUT2D eigenvalue weighted by molar-refractivity contribution is 0.984. The lowest BCUT2D eigenvalue weighted by Gasteiger charge is -2.06. The van der Waals surface area contributed by atoms with Crippen LogP contribution in [0.25, 0.3) is 22.6 Å². The van der Waals surface area contributed by atoms with Gasteiger partial charge in [-0.05, 0) is 0 Å². The van der Waals surface area contributed by atoms with Gasteiger partial charge in [-0.15, -0.1) is 18.2 Å². The van der Waals surface area contributed by atoms with E-state index in [-0.39, 0.29) is 0 Å². The normalized spacial score (nSPS) is 12.4. The number of nitrogen functional groups attached to an aromatic ring is 1. The molecule has 0 aliphatic rings. The van der Waals surface area contributed by atoms with Crippen LogP contribution in [0, 0.1) is 0 Å². The van der Waals surface area contributed by atoms with Gasteiger partial charge in [0, 0.05) is 0 Å². The van der Waals surface area contributed by atoms with Gasteiger partial charge in [-0.3, -0.25) is 0 Å². The number of imidazole rings is 1. The van der Waals surface area contributed by atoms with E-state index in [1.54, 1.807) is 6.08 Å². The third-order valence-corrected chi connectivity index (χ3v) is 3.04. The maximum atomic E-state index is 6.11. The van der Waals surface area contributed by atoms with E-state index in [2.05, 4.69) is 36.5 Å². The van der Waals surface area contributed by atoms with E-state index in [4.69, 9.17) is 17.3 Å². The molecule has 100 valence electrons. The van der Waals surface area contributed by atoms with Crippen LogP contribution in [0.15, 0.2) is 31.4 Å². The Balaban J connectivity index is 2.24. The van der Waals surface area contributed by atoms with Crippen molar-refractivity contribution < 1.29 is 0 Å². The zero-order chi connectivity index (χ0) is 14.1. The molecule has 0 bridgehead atoms. The number of aromatic nitrogens is 6. The van der Waals surface area contributed by atoms with Crippen LogP contribution in [0.3, 0.4) is 0 Å². The highest BCUT2D eigenvalue weighted by atomic mass is 35.5. The molecule has 3 rings (SSSR count).